The highest BCUT2D eigenvalue weighted by Crippen LogP contribution is 2.26. The normalized spacial score (nSPS) is 12.4. The largest absolute Gasteiger partial charge is 0.508 e. The Bertz CT molecular complexity index is 473. The van der Waals surface area contributed by atoms with Crippen molar-refractivity contribution in [2.45, 2.75) is 18.6 Å². The average Bonchev–Trinajstić information content (AvgIpc) is 2.33. The third-order valence-corrected chi connectivity index (χ3v) is 3.31. The summed E-state index contributed by atoms with van der Waals surface area (Å²) in [4.78, 5) is 0. The average molecular weight is 244 g/mol. The minimum absolute atomic E-state index is 0.165. The van der Waals surface area contributed by atoms with Crippen molar-refractivity contribution < 1.29 is 5.11 Å². The zero-order valence-electron chi connectivity index (χ0n) is 9.80. The molecule has 0 saturated heterocycles. The lowest BCUT2D eigenvalue weighted by Gasteiger charge is -2.11. The molecule has 1 unspecified atom stereocenters. The van der Waals surface area contributed by atoms with Crippen molar-refractivity contribution in [2.75, 3.05) is 0 Å². The summed E-state index contributed by atoms with van der Waals surface area (Å²) in [6, 6.07) is 15.8. The predicted octanol–water partition coefficient (Wildman–Crippen LogP) is 3.91. The van der Waals surface area contributed by atoms with Gasteiger partial charge in [0.25, 0.3) is 0 Å². The molecule has 0 aliphatic heterocycles. The van der Waals surface area contributed by atoms with Crippen molar-refractivity contribution in [3.05, 3.63) is 65.2 Å². The molecule has 0 spiro atoms. The van der Waals surface area contributed by atoms with Gasteiger partial charge in [-0.2, -0.15) is 12.6 Å². The van der Waals surface area contributed by atoms with Gasteiger partial charge in [0.2, 0.25) is 0 Å². The van der Waals surface area contributed by atoms with E-state index in [-0.39, 0.29) is 5.25 Å². The summed E-state index contributed by atoms with van der Waals surface area (Å²) in [7, 11) is 0. The van der Waals surface area contributed by atoms with Crippen molar-refractivity contribution in [3.8, 4) is 5.75 Å². The molecule has 1 nitrogen and oxygen atoms in total. The highest BCUT2D eigenvalue weighted by atomic mass is 32.1. The van der Waals surface area contributed by atoms with E-state index in [9.17, 15) is 5.11 Å². The smallest absolute Gasteiger partial charge is 0.115 e. The Hall–Kier alpha value is -1.41. The Kier molecular flexibility index (Phi) is 3.75. The zero-order valence-corrected chi connectivity index (χ0v) is 10.7. The number of phenols is 1. The molecule has 0 radical (unpaired) electrons. The molecule has 17 heavy (non-hydrogen) atoms. The molecule has 2 aromatic carbocycles. The van der Waals surface area contributed by atoms with Crippen molar-refractivity contribution in [2.24, 2.45) is 0 Å². The van der Waals surface area contributed by atoms with E-state index in [1.807, 2.05) is 12.1 Å². The van der Waals surface area contributed by atoms with Crippen molar-refractivity contribution in [3.63, 3.8) is 0 Å². The lowest BCUT2D eigenvalue weighted by Crippen LogP contribution is -1.95. The first-order chi connectivity index (χ1) is 8.15. The van der Waals surface area contributed by atoms with Gasteiger partial charge in [0.05, 0.1) is 0 Å². The number of aryl methyl sites for hydroxylation is 1. The highest BCUT2D eigenvalue weighted by Gasteiger charge is 2.07. The molecule has 0 aliphatic carbocycles. The summed E-state index contributed by atoms with van der Waals surface area (Å²) < 4.78 is 0. The van der Waals surface area contributed by atoms with E-state index in [0.29, 0.717) is 5.75 Å². The maximum absolute atomic E-state index is 9.23. The van der Waals surface area contributed by atoms with Crippen LogP contribution in [-0.2, 0) is 6.42 Å². The molecule has 0 bridgehead atoms. The van der Waals surface area contributed by atoms with Crippen molar-refractivity contribution in [1.29, 1.82) is 0 Å². The van der Waals surface area contributed by atoms with Gasteiger partial charge in [-0.05, 0) is 36.6 Å². The van der Waals surface area contributed by atoms with Gasteiger partial charge in [-0.3, -0.25) is 0 Å². The van der Waals surface area contributed by atoms with Crippen LogP contribution in [0.5, 0.6) is 5.75 Å². The van der Waals surface area contributed by atoms with E-state index in [0.717, 1.165) is 12.0 Å². The van der Waals surface area contributed by atoms with E-state index in [4.69, 9.17) is 0 Å². The highest BCUT2D eigenvalue weighted by molar-refractivity contribution is 7.80. The third-order valence-electron chi connectivity index (χ3n) is 2.83. The fraction of sp³-hybridized carbons (Fsp3) is 0.200. The molecule has 0 aliphatic rings. The maximum Gasteiger partial charge on any atom is 0.115 e. The fourth-order valence-corrected chi connectivity index (χ4v) is 2.14. The SMILES string of the molecule is Cc1ccc(CC(S)c2ccc(O)cc2)cc1. The Balaban J connectivity index is 2.08. The second kappa shape index (κ2) is 5.28. The Morgan fingerprint density at radius 1 is 1.00 bits per heavy atom. The van der Waals surface area contributed by atoms with Gasteiger partial charge in [0.15, 0.2) is 0 Å². The van der Waals surface area contributed by atoms with Crippen molar-refractivity contribution >= 4 is 12.6 Å². The van der Waals surface area contributed by atoms with Gasteiger partial charge in [0, 0.05) is 5.25 Å². The standard InChI is InChI=1S/C15H16OS/c1-11-2-4-12(5-3-11)10-15(17)13-6-8-14(16)9-7-13/h2-9,15-17H,10H2,1H3. The monoisotopic (exact) mass is 244 g/mol. The van der Waals surface area contributed by atoms with Gasteiger partial charge < -0.3 is 5.11 Å². The summed E-state index contributed by atoms with van der Waals surface area (Å²) in [5, 5.41) is 9.40. The molecular formula is C15H16OS. The molecule has 88 valence electrons. The summed E-state index contributed by atoms with van der Waals surface area (Å²) in [5.41, 5.74) is 3.68. The second-order valence-electron chi connectivity index (χ2n) is 4.30. The number of rotatable bonds is 3. The lowest BCUT2D eigenvalue weighted by molar-refractivity contribution is 0.475. The maximum atomic E-state index is 9.23. The molecule has 0 heterocycles. The summed E-state index contributed by atoms with van der Waals surface area (Å²) in [5.74, 6) is 0.296. The summed E-state index contributed by atoms with van der Waals surface area (Å²) >= 11 is 4.61. The first kappa shape index (κ1) is 12.1. The topological polar surface area (TPSA) is 20.2 Å². The molecule has 1 atom stereocenters. The van der Waals surface area contributed by atoms with Crippen LogP contribution in [0.2, 0.25) is 0 Å². The molecule has 0 saturated carbocycles. The Labute approximate surface area is 108 Å². The predicted molar refractivity (Wildman–Crippen MR) is 74.7 cm³/mol. The van der Waals surface area contributed by atoms with Crippen LogP contribution in [0.15, 0.2) is 48.5 Å². The van der Waals surface area contributed by atoms with Gasteiger partial charge in [-0.1, -0.05) is 42.0 Å². The van der Waals surface area contributed by atoms with E-state index < -0.39 is 0 Å². The molecular weight excluding hydrogens is 228 g/mol. The number of benzene rings is 2. The van der Waals surface area contributed by atoms with Crippen LogP contribution in [0.1, 0.15) is 21.9 Å². The fourth-order valence-electron chi connectivity index (χ4n) is 1.76. The van der Waals surface area contributed by atoms with Gasteiger partial charge in [-0.15, -0.1) is 0 Å². The van der Waals surface area contributed by atoms with Crippen LogP contribution in [0, 0.1) is 6.92 Å². The zero-order chi connectivity index (χ0) is 12.3. The molecule has 0 aromatic heterocycles. The van der Waals surface area contributed by atoms with Crippen LogP contribution in [0.3, 0.4) is 0 Å². The van der Waals surface area contributed by atoms with Crippen LogP contribution in [-0.4, -0.2) is 5.11 Å². The van der Waals surface area contributed by atoms with Crippen LogP contribution >= 0.6 is 12.6 Å². The van der Waals surface area contributed by atoms with Gasteiger partial charge in [0.1, 0.15) is 5.75 Å². The number of aromatic hydroxyl groups is 1. The Morgan fingerprint density at radius 3 is 2.18 bits per heavy atom. The molecule has 2 aromatic rings. The minimum Gasteiger partial charge on any atom is -0.508 e. The van der Waals surface area contributed by atoms with E-state index in [2.05, 4.69) is 43.8 Å². The van der Waals surface area contributed by atoms with Gasteiger partial charge in [-0.25, -0.2) is 0 Å². The first-order valence-corrected chi connectivity index (χ1v) is 6.19. The summed E-state index contributed by atoms with van der Waals surface area (Å²) in [6.45, 7) is 2.09. The van der Waals surface area contributed by atoms with Crippen molar-refractivity contribution in [1.82, 2.24) is 0 Å². The van der Waals surface area contributed by atoms with Crippen LogP contribution < -0.4 is 0 Å². The number of thiol groups is 1. The Morgan fingerprint density at radius 2 is 1.59 bits per heavy atom. The quantitative estimate of drug-likeness (QED) is 0.784. The molecule has 1 N–H and O–H groups in total. The first-order valence-electron chi connectivity index (χ1n) is 5.68. The molecule has 2 rings (SSSR count). The molecule has 2 heteroatoms. The van der Waals surface area contributed by atoms with E-state index >= 15 is 0 Å². The van der Waals surface area contributed by atoms with Gasteiger partial charge >= 0.3 is 0 Å². The third kappa shape index (κ3) is 3.27. The van der Waals surface area contributed by atoms with E-state index in [1.54, 1.807) is 12.1 Å². The minimum atomic E-state index is 0.165. The molecule has 0 fully saturated rings. The number of hydrogen-bond acceptors (Lipinski definition) is 2. The number of phenolic OH excluding ortho intramolecular Hbond substituents is 1. The lowest BCUT2D eigenvalue weighted by atomic mass is 10.0. The second-order valence-corrected chi connectivity index (χ2v) is 4.92. The summed E-state index contributed by atoms with van der Waals surface area (Å²) in [6.07, 6.45) is 0.897. The van der Waals surface area contributed by atoms with Crippen LogP contribution in [0.25, 0.3) is 0 Å². The number of hydrogen-bond donors (Lipinski definition) is 2. The van der Waals surface area contributed by atoms with Crippen LogP contribution in [0.4, 0.5) is 0 Å². The molecule has 0 amide bonds. The van der Waals surface area contributed by atoms with E-state index in [1.165, 1.54) is 11.1 Å².